The van der Waals surface area contributed by atoms with Crippen LogP contribution in [0.25, 0.3) is 11.1 Å². The topological polar surface area (TPSA) is 53.0 Å². The molecule has 0 radical (unpaired) electrons. The van der Waals surface area contributed by atoms with Gasteiger partial charge in [0.15, 0.2) is 0 Å². The number of carbonyl (C=O) groups is 1. The summed E-state index contributed by atoms with van der Waals surface area (Å²) >= 11 is 0. The third-order valence-electron chi connectivity index (χ3n) is 8.53. The molecule has 0 aromatic heterocycles. The van der Waals surface area contributed by atoms with Crippen molar-refractivity contribution in [3.05, 3.63) is 54.1 Å². The molecule has 5 rings (SSSR count). The first kappa shape index (κ1) is 24.3. The molecule has 0 spiro atoms. The van der Waals surface area contributed by atoms with Crippen LogP contribution in [0.15, 0.2) is 48.5 Å². The largest absolute Gasteiger partial charge is 0.493 e. The number of hydrogen-bond acceptors (Lipinski definition) is 4. The van der Waals surface area contributed by atoms with E-state index in [1.807, 2.05) is 24.3 Å². The molecule has 3 fully saturated rings. The first-order valence-corrected chi connectivity index (χ1v) is 13.5. The fourth-order valence-electron chi connectivity index (χ4n) is 6.01. The van der Waals surface area contributed by atoms with Crippen LogP contribution in [-0.4, -0.2) is 66.2 Å². The predicted octanol–water partition coefficient (Wildman–Crippen LogP) is 5.23. The van der Waals surface area contributed by atoms with Gasteiger partial charge in [-0.25, -0.2) is 0 Å². The van der Waals surface area contributed by atoms with E-state index in [0.717, 1.165) is 42.9 Å². The lowest BCUT2D eigenvalue weighted by Crippen LogP contribution is -2.44. The van der Waals surface area contributed by atoms with Crippen LogP contribution in [0.4, 0.5) is 0 Å². The Bertz CT molecular complexity index is 976. The summed E-state index contributed by atoms with van der Waals surface area (Å²) in [4.78, 5) is 17.3. The molecule has 35 heavy (non-hydrogen) atoms. The van der Waals surface area contributed by atoms with Gasteiger partial charge in [0.2, 0.25) is 0 Å². The average molecular weight is 477 g/mol. The van der Waals surface area contributed by atoms with Gasteiger partial charge in [-0.2, -0.15) is 0 Å². The van der Waals surface area contributed by atoms with Crippen LogP contribution in [0, 0.1) is 11.3 Å². The van der Waals surface area contributed by atoms with Gasteiger partial charge in [0.25, 0.3) is 5.91 Å². The van der Waals surface area contributed by atoms with E-state index in [9.17, 15) is 9.90 Å². The molecule has 188 valence electrons. The highest BCUT2D eigenvalue weighted by molar-refractivity contribution is 5.95. The molecule has 2 aromatic rings. The highest BCUT2D eigenvalue weighted by atomic mass is 16.5. The van der Waals surface area contributed by atoms with Gasteiger partial charge in [-0.05, 0) is 98.3 Å². The smallest absolute Gasteiger partial charge is 0.254 e. The number of aliphatic hydroxyl groups is 1. The normalized spacial score (nSPS) is 22.7. The minimum Gasteiger partial charge on any atom is -0.493 e. The molecule has 0 bridgehead atoms. The molecule has 2 heterocycles. The van der Waals surface area contributed by atoms with Crippen molar-refractivity contribution in [3.8, 4) is 16.9 Å². The van der Waals surface area contributed by atoms with Gasteiger partial charge < -0.3 is 19.6 Å². The minimum atomic E-state index is -0.0435. The molecule has 3 aliphatic rings. The second-order valence-electron chi connectivity index (χ2n) is 11.3. The molecular weight excluding hydrogens is 436 g/mol. The molecule has 0 unspecified atom stereocenters. The Labute approximate surface area is 210 Å². The van der Waals surface area contributed by atoms with Crippen molar-refractivity contribution in [1.29, 1.82) is 0 Å². The van der Waals surface area contributed by atoms with Crippen LogP contribution in [0.2, 0.25) is 0 Å². The first-order chi connectivity index (χ1) is 17.0. The summed E-state index contributed by atoms with van der Waals surface area (Å²) in [6, 6.07) is 16.0. The summed E-state index contributed by atoms with van der Waals surface area (Å²) in [6.07, 6.45) is 8.52. The Morgan fingerprint density at radius 3 is 2.20 bits per heavy atom. The van der Waals surface area contributed by atoms with Gasteiger partial charge >= 0.3 is 0 Å². The third-order valence-corrected chi connectivity index (χ3v) is 8.53. The maximum atomic E-state index is 12.8. The lowest BCUT2D eigenvalue weighted by molar-refractivity contribution is 0.0564. The predicted molar refractivity (Wildman–Crippen MR) is 140 cm³/mol. The van der Waals surface area contributed by atoms with E-state index in [4.69, 9.17) is 4.74 Å². The number of piperidine rings is 1. The van der Waals surface area contributed by atoms with E-state index < -0.39 is 0 Å². The quantitative estimate of drug-likeness (QED) is 0.567. The monoisotopic (exact) mass is 476 g/mol. The number of likely N-dealkylation sites (tertiary alicyclic amines) is 2. The van der Waals surface area contributed by atoms with Crippen molar-refractivity contribution in [3.63, 3.8) is 0 Å². The van der Waals surface area contributed by atoms with Crippen molar-refractivity contribution in [2.24, 2.45) is 11.3 Å². The fraction of sp³-hybridized carbons (Fsp3) is 0.567. The maximum absolute atomic E-state index is 12.8. The number of ether oxygens (including phenoxy) is 1. The summed E-state index contributed by atoms with van der Waals surface area (Å²) < 4.78 is 6.14. The van der Waals surface area contributed by atoms with E-state index >= 15 is 0 Å². The molecule has 1 amide bonds. The average Bonchev–Trinajstić information content (AvgIpc) is 3.36. The van der Waals surface area contributed by atoms with Crippen LogP contribution in [-0.2, 0) is 0 Å². The first-order valence-electron chi connectivity index (χ1n) is 13.5. The number of carbonyl (C=O) groups excluding carboxylic acids is 1. The summed E-state index contributed by atoms with van der Waals surface area (Å²) in [5.41, 5.74) is 3.46. The molecule has 1 aliphatic carbocycles. The van der Waals surface area contributed by atoms with Gasteiger partial charge in [0.1, 0.15) is 5.75 Å². The molecule has 2 aromatic carbocycles. The Balaban J connectivity index is 1.09. The Morgan fingerprint density at radius 1 is 0.943 bits per heavy atom. The number of nitrogens with zero attached hydrogens (tertiary/aromatic N) is 2. The van der Waals surface area contributed by atoms with Crippen molar-refractivity contribution >= 4 is 5.91 Å². The number of hydrogen-bond donors (Lipinski definition) is 1. The lowest BCUT2D eigenvalue weighted by Gasteiger charge is -2.44. The molecule has 5 heteroatoms. The maximum Gasteiger partial charge on any atom is 0.254 e. The standard InChI is InChI=1S/C30H40N2O3/c1-30(15-3-16-30)22-31-18-13-23(14-19-31)21-35-28-11-9-25(10-12-28)24-5-7-26(8-6-24)29(34)32-17-2-4-27(32)20-33/h5-12,23,27,33H,2-4,13-22H2,1H3/t27-/m1/s1. The zero-order valence-electron chi connectivity index (χ0n) is 21.1. The van der Waals surface area contributed by atoms with Gasteiger partial charge in [-0.15, -0.1) is 0 Å². The van der Waals surface area contributed by atoms with E-state index in [0.29, 0.717) is 16.9 Å². The second kappa shape index (κ2) is 10.7. The highest BCUT2D eigenvalue weighted by Gasteiger charge is 2.34. The molecule has 2 aliphatic heterocycles. The van der Waals surface area contributed by atoms with E-state index in [1.165, 1.54) is 51.7 Å². The molecular formula is C30H40N2O3. The van der Waals surface area contributed by atoms with Crippen molar-refractivity contribution < 1.29 is 14.6 Å². The third kappa shape index (κ3) is 5.73. The summed E-state index contributed by atoms with van der Waals surface area (Å²) in [5, 5.41) is 9.51. The van der Waals surface area contributed by atoms with E-state index in [1.54, 1.807) is 4.90 Å². The molecule has 5 nitrogen and oxygen atoms in total. The van der Waals surface area contributed by atoms with Crippen molar-refractivity contribution in [2.75, 3.05) is 39.4 Å². The van der Waals surface area contributed by atoms with Crippen LogP contribution >= 0.6 is 0 Å². The molecule has 2 saturated heterocycles. The van der Waals surface area contributed by atoms with Gasteiger partial charge in [-0.1, -0.05) is 37.6 Å². The van der Waals surface area contributed by atoms with Crippen molar-refractivity contribution in [1.82, 2.24) is 9.80 Å². The van der Waals surface area contributed by atoms with Crippen molar-refractivity contribution in [2.45, 2.75) is 57.9 Å². The Hall–Kier alpha value is -2.37. The number of rotatable bonds is 8. The SMILES string of the molecule is CC1(CN2CCC(COc3ccc(-c4ccc(C(=O)N5CCC[C@@H]5CO)cc4)cc3)CC2)CCC1. The number of aliphatic hydroxyl groups excluding tert-OH is 1. The number of amides is 1. The van der Waals surface area contributed by atoms with Crippen LogP contribution < -0.4 is 4.74 Å². The van der Waals surface area contributed by atoms with Gasteiger partial charge in [0, 0.05) is 18.7 Å². The van der Waals surface area contributed by atoms with Crippen LogP contribution in [0.3, 0.4) is 0 Å². The zero-order chi connectivity index (χ0) is 24.3. The highest BCUT2D eigenvalue weighted by Crippen LogP contribution is 2.41. The summed E-state index contributed by atoms with van der Waals surface area (Å²) in [6.45, 7) is 7.71. The summed E-state index contributed by atoms with van der Waals surface area (Å²) in [5.74, 6) is 1.58. The van der Waals surface area contributed by atoms with Crippen LogP contribution in [0.5, 0.6) is 5.75 Å². The molecule has 1 N–H and O–H groups in total. The van der Waals surface area contributed by atoms with E-state index in [2.05, 4.69) is 36.1 Å². The van der Waals surface area contributed by atoms with Gasteiger partial charge in [0.05, 0.1) is 19.3 Å². The zero-order valence-corrected chi connectivity index (χ0v) is 21.1. The van der Waals surface area contributed by atoms with Crippen LogP contribution in [0.1, 0.15) is 62.2 Å². The Kier molecular flexibility index (Phi) is 7.45. The van der Waals surface area contributed by atoms with Gasteiger partial charge in [-0.3, -0.25) is 4.79 Å². The fourth-order valence-corrected chi connectivity index (χ4v) is 6.01. The Morgan fingerprint density at radius 2 is 1.60 bits per heavy atom. The lowest BCUT2D eigenvalue weighted by atomic mass is 9.70. The minimum absolute atomic E-state index is 0.0138. The summed E-state index contributed by atoms with van der Waals surface area (Å²) in [7, 11) is 0. The molecule has 1 atom stereocenters. The van der Waals surface area contributed by atoms with E-state index in [-0.39, 0.29) is 18.6 Å². The second-order valence-corrected chi connectivity index (χ2v) is 11.3. The number of benzene rings is 2. The molecule has 1 saturated carbocycles.